The third-order valence-corrected chi connectivity index (χ3v) is 4.48. The number of carbonyl (C=O) groups is 2. The molecule has 2 atom stereocenters. The first-order valence-corrected chi connectivity index (χ1v) is 6.95. The van der Waals surface area contributed by atoms with Crippen LogP contribution < -0.4 is 5.32 Å². The minimum atomic E-state index is -4.51. The number of carbonyl (C=O) groups excluding carboxylic acids is 1. The first-order valence-electron chi connectivity index (χ1n) is 6.07. The number of thiazole rings is 1. The van der Waals surface area contributed by atoms with Gasteiger partial charge in [-0.2, -0.15) is 13.2 Å². The highest BCUT2D eigenvalue weighted by Crippen LogP contribution is 2.58. The van der Waals surface area contributed by atoms with Crippen molar-refractivity contribution in [3.05, 3.63) is 16.1 Å². The fraction of sp³-hybridized carbons (Fsp3) is 0.583. The molecule has 1 saturated carbocycles. The van der Waals surface area contributed by atoms with Crippen molar-refractivity contribution in [2.75, 3.05) is 0 Å². The maximum absolute atomic E-state index is 12.4. The average molecular weight is 322 g/mol. The molecule has 2 rings (SSSR count). The third kappa shape index (κ3) is 3.02. The monoisotopic (exact) mass is 322 g/mol. The minimum Gasteiger partial charge on any atom is -0.481 e. The van der Waals surface area contributed by atoms with Gasteiger partial charge in [-0.3, -0.25) is 9.59 Å². The molecule has 0 aromatic carbocycles. The van der Waals surface area contributed by atoms with Crippen molar-refractivity contribution >= 4 is 23.2 Å². The minimum absolute atomic E-state index is 0.126. The van der Waals surface area contributed by atoms with Crippen molar-refractivity contribution in [2.45, 2.75) is 26.6 Å². The van der Waals surface area contributed by atoms with Gasteiger partial charge in [0.25, 0.3) is 0 Å². The molecule has 0 unspecified atom stereocenters. The van der Waals surface area contributed by atoms with E-state index in [9.17, 15) is 22.8 Å². The molecule has 0 saturated heterocycles. The molecule has 21 heavy (non-hydrogen) atoms. The number of hydrogen-bond acceptors (Lipinski definition) is 4. The van der Waals surface area contributed by atoms with Crippen molar-refractivity contribution < 1.29 is 27.9 Å². The van der Waals surface area contributed by atoms with Gasteiger partial charge in [0.05, 0.1) is 18.4 Å². The van der Waals surface area contributed by atoms with E-state index < -0.39 is 41.0 Å². The number of amides is 1. The van der Waals surface area contributed by atoms with Crippen molar-refractivity contribution in [3.8, 4) is 0 Å². The van der Waals surface area contributed by atoms with E-state index in [2.05, 4.69) is 10.3 Å². The van der Waals surface area contributed by atoms with Gasteiger partial charge in [-0.1, -0.05) is 13.8 Å². The number of aliphatic carboxylic acids is 1. The third-order valence-electron chi connectivity index (χ3n) is 3.63. The Kier molecular flexibility index (Phi) is 3.73. The Balaban J connectivity index is 1.94. The number of alkyl halides is 3. The summed E-state index contributed by atoms with van der Waals surface area (Å²) in [6, 6.07) is 0. The number of aromatic nitrogens is 1. The lowest BCUT2D eigenvalue weighted by molar-refractivity contribution is -0.141. The maximum Gasteiger partial charge on any atom is 0.434 e. The highest BCUT2D eigenvalue weighted by Gasteiger charge is 2.65. The number of halogens is 3. The molecule has 1 heterocycles. The average Bonchev–Trinajstić information content (AvgIpc) is 2.73. The summed E-state index contributed by atoms with van der Waals surface area (Å²) >= 11 is 0.795. The normalized spacial score (nSPS) is 23.7. The number of carboxylic acid groups (broad SMARTS) is 1. The van der Waals surface area contributed by atoms with Crippen LogP contribution in [0.4, 0.5) is 13.2 Å². The fourth-order valence-corrected chi connectivity index (χ4v) is 3.12. The predicted octanol–water partition coefficient (Wildman–Crippen LogP) is 2.13. The molecule has 0 spiro atoms. The summed E-state index contributed by atoms with van der Waals surface area (Å²) in [6.07, 6.45) is -4.51. The molecule has 1 aliphatic carbocycles. The molecule has 5 nitrogen and oxygen atoms in total. The van der Waals surface area contributed by atoms with Crippen molar-refractivity contribution in [1.29, 1.82) is 0 Å². The highest BCUT2D eigenvalue weighted by atomic mass is 32.1. The zero-order valence-electron chi connectivity index (χ0n) is 11.2. The largest absolute Gasteiger partial charge is 0.481 e. The van der Waals surface area contributed by atoms with Gasteiger partial charge in [0.2, 0.25) is 5.91 Å². The zero-order chi connectivity index (χ0) is 16.0. The van der Waals surface area contributed by atoms with Crippen LogP contribution in [0.15, 0.2) is 5.38 Å². The fourth-order valence-electron chi connectivity index (χ4n) is 2.38. The maximum atomic E-state index is 12.4. The Labute approximate surface area is 122 Å². The molecule has 2 N–H and O–H groups in total. The van der Waals surface area contributed by atoms with Gasteiger partial charge in [0.15, 0.2) is 5.69 Å². The van der Waals surface area contributed by atoms with Gasteiger partial charge in [-0.15, -0.1) is 11.3 Å². The van der Waals surface area contributed by atoms with E-state index in [-0.39, 0.29) is 11.6 Å². The molecule has 0 bridgehead atoms. The number of hydrogen-bond donors (Lipinski definition) is 2. The molecular formula is C12H13F3N2O3S. The molecular weight excluding hydrogens is 309 g/mol. The number of rotatable bonds is 4. The molecule has 116 valence electrons. The lowest BCUT2D eigenvalue weighted by atomic mass is 10.1. The molecule has 1 aromatic rings. The Morgan fingerprint density at radius 2 is 2.05 bits per heavy atom. The lowest BCUT2D eigenvalue weighted by Gasteiger charge is -2.04. The first-order chi connectivity index (χ1) is 9.55. The molecule has 0 radical (unpaired) electrons. The van der Waals surface area contributed by atoms with Crippen LogP contribution in [0.3, 0.4) is 0 Å². The zero-order valence-corrected chi connectivity index (χ0v) is 12.0. The summed E-state index contributed by atoms with van der Waals surface area (Å²) < 4.78 is 37.1. The van der Waals surface area contributed by atoms with Gasteiger partial charge in [0.1, 0.15) is 5.01 Å². The summed E-state index contributed by atoms with van der Waals surface area (Å²) in [6.45, 7) is 3.20. The van der Waals surface area contributed by atoms with Crippen LogP contribution in [-0.2, 0) is 22.3 Å². The molecule has 1 aliphatic rings. The first kappa shape index (κ1) is 15.7. The van der Waals surface area contributed by atoms with E-state index in [4.69, 9.17) is 5.11 Å². The van der Waals surface area contributed by atoms with Crippen LogP contribution >= 0.6 is 11.3 Å². The quantitative estimate of drug-likeness (QED) is 0.890. The standard InChI is InChI=1S/C12H13F3N2O3S/c1-11(2)7(8(11)10(19)20)9(18)16-3-6-17-5(4-21-6)12(13,14)15/h4,7-8H,3H2,1-2H3,(H,16,18)(H,19,20)/t7-,8+/m1/s1. The Bertz CT molecular complexity index is 583. The second-order valence-electron chi connectivity index (χ2n) is 5.46. The Morgan fingerprint density at radius 3 is 2.48 bits per heavy atom. The van der Waals surface area contributed by atoms with Crippen molar-refractivity contribution in [1.82, 2.24) is 10.3 Å². The molecule has 1 fully saturated rings. The van der Waals surface area contributed by atoms with Gasteiger partial charge in [-0.25, -0.2) is 4.98 Å². The van der Waals surface area contributed by atoms with Crippen LogP contribution in [0.25, 0.3) is 0 Å². The van der Waals surface area contributed by atoms with Crippen LogP contribution in [-0.4, -0.2) is 22.0 Å². The van der Waals surface area contributed by atoms with Gasteiger partial charge < -0.3 is 10.4 Å². The summed E-state index contributed by atoms with van der Waals surface area (Å²) in [4.78, 5) is 26.2. The van der Waals surface area contributed by atoms with Crippen LogP contribution in [0, 0.1) is 17.3 Å². The van der Waals surface area contributed by atoms with Gasteiger partial charge in [0, 0.05) is 5.38 Å². The number of carboxylic acids is 1. The van der Waals surface area contributed by atoms with Crippen molar-refractivity contribution in [2.24, 2.45) is 17.3 Å². The number of nitrogens with zero attached hydrogens (tertiary/aromatic N) is 1. The second kappa shape index (κ2) is 4.97. The summed E-state index contributed by atoms with van der Waals surface area (Å²) in [5, 5.41) is 12.4. The van der Waals surface area contributed by atoms with Crippen LogP contribution in [0.2, 0.25) is 0 Å². The summed E-state index contributed by atoms with van der Waals surface area (Å²) in [5.74, 6) is -2.96. The van der Waals surface area contributed by atoms with Crippen LogP contribution in [0.1, 0.15) is 24.5 Å². The highest BCUT2D eigenvalue weighted by molar-refractivity contribution is 7.09. The molecule has 1 amide bonds. The Morgan fingerprint density at radius 1 is 1.43 bits per heavy atom. The van der Waals surface area contributed by atoms with E-state index in [0.717, 1.165) is 16.7 Å². The van der Waals surface area contributed by atoms with E-state index in [1.54, 1.807) is 13.8 Å². The van der Waals surface area contributed by atoms with E-state index in [0.29, 0.717) is 0 Å². The predicted molar refractivity (Wildman–Crippen MR) is 67.4 cm³/mol. The van der Waals surface area contributed by atoms with E-state index in [1.165, 1.54) is 0 Å². The lowest BCUT2D eigenvalue weighted by Crippen LogP contribution is -2.26. The van der Waals surface area contributed by atoms with Gasteiger partial charge in [-0.05, 0) is 5.41 Å². The second-order valence-corrected chi connectivity index (χ2v) is 6.40. The molecule has 9 heteroatoms. The van der Waals surface area contributed by atoms with E-state index in [1.807, 2.05) is 0 Å². The SMILES string of the molecule is CC1(C)[C@H](C(=O)O)[C@@H]1C(=O)NCc1nc(C(F)(F)F)cs1. The Hall–Kier alpha value is -1.64. The molecule has 1 aromatic heterocycles. The van der Waals surface area contributed by atoms with Crippen molar-refractivity contribution in [3.63, 3.8) is 0 Å². The van der Waals surface area contributed by atoms with Crippen LogP contribution in [0.5, 0.6) is 0 Å². The smallest absolute Gasteiger partial charge is 0.434 e. The molecule has 0 aliphatic heterocycles. The van der Waals surface area contributed by atoms with E-state index >= 15 is 0 Å². The number of nitrogens with one attached hydrogen (secondary N) is 1. The summed E-state index contributed by atoms with van der Waals surface area (Å²) in [7, 11) is 0. The van der Waals surface area contributed by atoms with Gasteiger partial charge >= 0.3 is 12.1 Å². The topological polar surface area (TPSA) is 79.3 Å². The summed E-state index contributed by atoms with van der Waals surface area (Å²) in [5.41, 5.74) is -1.64.